The fraction of sp³-hybridized carbons (Fsp3) is 0.778. The molecule has 0 spiro atoms. The summed E-state index contributed by atoms with van der Waals surface area (Å²) in [6.07, 6.45) is 19.3. The second-order valence-corrected chi connectivity index (χ2v) is 30.0. The van der Waals surface area contributed by atoms with Crippen molar-refractivity contribution < 1.29 is 23.2 Å². The monoisotopic (exact) mass is 753 g/mol. The predicted octanol–water partition coefficient (Wildman–Crippen LogP) is 12.5. The molecule has 4 fully saturated rings. The van der Waals surface area contributed by atoms with Crippen molar-refractivity contribution in [2.45, 2.75) is 194 Å². The minimum absolute atomic E-state index is 0.0319. The Kier molecular flexibility index (Phi) is 13.2. The molecule has 0 saturated heterocycles. The normalized spacial score (nSPS) is 31.2. The van der Waals surface area contributed by atoms with Gasteiger partial charge in [0.2, 0.25) is 0 Å². The largest absolute Gasteiger partial charge is 0.462 e. The Hall–Kier alpha value is -1.55. The summed E-state index contributed by atoms with van der Waals surface area (Å²) >= 11 is 0. The van der Waals surface area contributed by atoms with Gasteiger partial charge in [0.25, 0.3) is 0 Å². The number of allylic oxidation sites excluding steroid dienone is 5. The molecule has 7 heteroatoms. The van der Waals surface area contributed by atoms with E-state index in [4.69, 9.17) is 13.6 Å². The summed E-state index contributed by atoms with van der Waals surface area (Å²) in [6, 6.07) is 0. The van der Waals surface area contributed by atoms with Gasteiger partial charge in [-0.2, -0.15) is 0 Å². The number of fused-ring (bicyclic) bond motifs is 1. The first-order valence-electron chi connectivity index (χ1n) is 20.7. The SMILES string of the molecule is C=C1/C(=C\C=C2/CCC[C@]3(C)[C@@H]([C@H](C)C(CC(=O)C4(/C=C/CC)CC4)OC(C)=O)CC[C@@H]23)C[C@@H](O[Si](C)(C)C(C)(C)C)C[C@@H]1O[Si](C)(C)C(C)(C)C. The van der Waals surface area contributed by atoms with Gasteiger partial charge < -0.3 is 13.6 Å². The first kappa shape index (κ1) is 43.2. The number of carbonyl (C=O) groups excluding carboxylic acids is 2. The number of hydrogen-bond acceptors (Lipinski definition) is 5. The number of rotatable bonds is 13. The van der Waals surface area contributed by atoms with Crippen molar-refractivity contribution in [3.05, 3.63) is 47.6 Å². The van der Waals surface area contributed by atoms with Crippen LogP contribution in [0.1, 0.15) is 140 Å². The van der Waals surface area contributed by atoms with Crippen molar-refractivity contribution >= 4 is 28.4 Å². The van der Waals surface area contributed by atoms with E-state index in [0.717, 1.165) is 63.4 Å². The van der Waals surface area contributed by atoms with Crippen LogP contribution in [0.5, 0.6) is 0 Å². The van der Waals surface area contributed by atoms with Crippen LogP contribution in [-0.4, -0.2) is 46.7 Å². The van der Waals surface area contributed by atoms with Crippen LogP contribution in [0.4, 0.5) is 0 Å². The molecule has 4 rings (SSSR count). The van der Waals surface area contributed by atoms with E-state index in [2.05, 4.69) is 119 Å². The van der Waals surface area contributed by atoms with Crippen molar-refractivity contribution in [1.29, 1.82) is 0 Å². The molecular formula is C45H76O5Si2. The highest BCUT2D eigenvalue weighted by Gasteiger charge is 2.54. The summed E-state index contributed by atoms with van der Waals surface area (Å²) in [5.74, 6) is 0.948. The molecule has 0 aliphatic heterocycles. The zero-order valence-corrected chi connectivity index (χ0v) is 37.8. The molecule has 4 aliphatic carbocycles. The minimum atomic E-state index is -2.04. The number of carbonyl (C=O) groups is 2. The summed E-state index contributed by atoms with van der Waals surface area (Å²) in [7, 11) is -4.02. The molecule has 1 unspecified atom stereocenters. The highest BCUT2D eigenvalue weighted by Crippen LogP contribution is 2.60. The van der Waals surface area contributed by atoms with E-state index in [-0.39, 0.29) is 56.9 Å². The molecule has 0 aromatic carbocycles. The molecule has 4 aliphatic rings. The summed E-state index contributed by atoms with van der Waals surface area (Å²) in [5.41, 5.74) is 3.72. The third kappa shape index (κ3) is 9.45. The third-order valence-electron chi connectivity index (χ3n) is 14.7. The predicted molar refractivity (Wildman–Crippen MR) is 222 cm³/mol. The highest BCUT2D eigenvalue weighted by molar-refractivity contribution is 6.74. The molecule has 294 valence electrons. The molecule has 0 radical (unpaired) electrons. The Balaban J connectivity index is 1.59. The van der Waals surface area contributed by atoms with Gasteiger partial charge in [0.15, 0.2) is 16.6 Å². The Morgan fingerprint density at radius 2 is 1.58 bits per heavy atom. The van der Waals surface area contributed by atoms with E-state index in [0.29, 0.717) is 18.3 Å². The van der Waals surface area contributed by atoms with Crippen LogP contribution in [0, 0.1) is 28.6 Å². The van der Waals surface area contributed by atoms with E-state index < -0.39 is 16.6 Å². The number of esters is 1. The Morgan fingerprint density at radius 1 is 0.962 bits per heavy atom. The van der Waals surface area contributed by atoms with Gasteiger partial charge in [-0.05, 0) is 128 Å². The molecule has 0 aromatic heterocycles. The number of hydrogen-bond donors (Lipinski definition) is 0. The van der Waals surface area contributed by atoms with Crippen molar-refractivity contribution in [3.8, 4) is 0 Å². The second kappa shape index (κ2) is 15.9. The van der Waals surface area contributed by atoms with Crippen molar-refractivity contribution in [3.63, 3.8) is 0 Å². The molecule has 0 N–H and O–H groups in total. The highest BCUT2D eigenvalue weighted by atomic mass is 28.4. The maximum absolute atomic E-state index is 13.6. The quantitative estimate of drug-likeness (QED) is 0.106. The Bertz CT molecular complexity index is 1420. The molecule has 0 bridgehead atoms. The van der Waals surface area contributed by atoms with E-state index in [9.17, 15) is 9.59 Å². The third-order valence-corrected chi connectivity index (χ3v) is 23.7. The average molecular weight is 753 g/mol. The van der Waals surface area contributed by atoms with Gasteiger partial charge >= 0.3 is 5.97 Å². The molecule has 52 heavy (non-hydrogen) atoms. The van der Waals surface area contributed by atoms with Gasteiger partial charge in [0, 0.05) is 25.2 Å². The maximum atomic E-state index is 13.6. The second-order valence-electron chi connectivity index (χ2n) is 20.5. The van der Waals surface area contributed by atoms with Gasteiger partial charge in [-0.1, -0.05) is 98.8 Å². The topological polar surface area (TPSA) is 61.8 Å². The van der Waals surface area contributed by atoms with Crippen LogP contribution in [-0.2, 0) is 23.2 Å². The number of ether oxygens (including phenoxy) is 1. The summed E-state index contributed by atoms with van der Waals surface area (Å²) in [5, 5.41) is 0.251. The minimum Gasteiger partial charge on any atom is -0.462 e. The Labute approximate surface area is 321 Å². The smallest absolute Gasteiger partial charge is 0.302 e. The molecule has 0 heterocycles. The number of ketones is 1. The van der Waals surface area contributed by atoms with E-state index in [1.165, 1.54) is 18.9 Å². The van der Waals surface area contributed by atoms with Gasteiger partial charge in [0.1, 0.15) is 11.9 Å². The van der Waals surface area contributed by atoms with Gasteiger partial charge in [0.05, 0.1) is 12.2 Å². The summed E-state index contributed by atoms with van der Waals surface area (Å²) in [6.45, 7) is 36.3. The lowest BCUT2D eigenvalue weighted by Gasteiger charge is -2.46. The number of Topliss-reactive ketones (excluding diaryl/α,β-unsaturated/α-hetero) is 1. The van der Waals surface area contributed by atoms with Crippen LogP contribution in [0.25, 0.3) is 0 Å². The molecule has 0 amide bonds. The zero-order chi connectivity index (χ0) is 39.1. The molecule has 7 atom stereocenters. The molecule has 4 saturated carbocycles. The lowest BCUT2D eigenvalue weighted by molar-refractivity contribution is -0.153. The first-order valence-corrected chi connectivity index (χ1v) is 26.5. The maximum Gasteiger partial charge on any atom is 0.302 e. The molecule has 5 nitrogen and oxygen atoms in total. The Morgan fingerprint density at radius 3 is 2.13 bits per heavy atom. The fourth-order valence-electron chi connectivity index (χ4n) is 9.12. The van der Waals surface area contributed by atoms with Gasteiger partial charge in [-0.25, -0.2) is 0 Å². The lowest BCUT2D eigenvalue weighted by atomic mass is 9.60. The van der Waals surface area contributed by atoms with Crippen LogP contribution < -0.4 is 0 Å². The first-order chi connectivity index (χ1) is 23.9. The van der Waals surface area contributed by atoms with Crippen LogP contribution >= 0.6 is 0 Å². The summed E-state index contributed by atoms with van der Waals surface area (Å²) in [4.78, 5) is 26.0. The van der Waals surface area contributed by atoms with Gasteiger partial charge in [-0.15, -0.1) is 0 Å². The zero-order valence-electron chi connectivity index (χ0n) is 35.8. The standard InChI is InChI=1S/C45H76O5Si2/c1-16-17-25-45(26-27-45)41(47)30-39(48-33(4)46)32(3)37-22-23-38-34(19-18-24-44(37,38)11)20-21-35-28-36(49-51(12,13)42(5,6)7)29-40(31(35)2)50-52(14,15)43(8,9)10/h17,20-21,25,32,36-40H,2,16,18-19,22-24,26-30H2,1,3-15H3/b25-17+,34-20+,35-21-/t32-,36+,37+,38-,39?,40-,44+/m0/s1. The van der Waals surface area contributed by atoms with Crippen LogP contribution in [0.15, 0.2) is 47.6 Å². The van der Waals surface area contributed by atoms with Crippen molar-refractivity contribution in [2.24, 2.45) is 28.6 Å². The molecular weight excluding hydrogens is 677 g/mol. The molecule has 0 aromatic rings. The van der Waals surface area contributed by atoms with Crippen LogP contribution in [0.3, 0.4) is 0 Å². The van der Waals surface area contributed by atoms with Crippen molar-refractivity contribution in [1.82, 2.24) is 0 Å². The van der Waals surface area contributed by atoms with E-state index >= 15 is 0 Å². The van der Waals surface area contributed by atoms with Crippen LogP contribution in [0.2, 0.25) is 36.3 Å². The average Bonchev–Trinajstić information content (AvgIpc) is 3.72. The van der Waals surface area contributed by atoms with Gasteiger partial charge in [-0.3, -0.25) is 9.59 Å². The fourth-order valence-corrected chi connectivity index (χ4v) is 11.8. The summed E-state index contributed by atoms with van der Waals surface area (Å²) < 4.78 is 20.2. The van der Waals surface area contributed by atoms with Crippen molar-refractivity contribution in [2.75, 3.05) is 0 Å². The lowest BCUT2D eigenvalue weighted by Crippen LogP contribution is -2.49. The van der Waals surface area contributed by atoms with E-state index in [1.807, 2.05) is 0 Å². The van der Waals surface area contributed by atoms with E-state index in [1.54, 1.807) is 5.57 Å².